The fourth-order valence-corrected chi connectivity index (χ4v) is 2.09. The summed E-state index contributed by atoms with van der Waals surface area (Å²) in [7, 11) is 1.67. The predicted octanol–water partition coefficient (Wildman–Crippen LogP) is 2.13. The number of nitrogens with zero attached hydrogens (tertiary/aromatic N) is 1. The van der Waals surface area contributed by atoms with Gasteiger partial charge in [-0.1, -0.05) is 11.6 Å². The van der Waals surface area contributed by atoms with Gasteiger partial charge < -0.3 is 15.0 Å². The molecule has 92 valence electrons. The van der Waals surface area contributed by atoms with E-state index in [1.807, 2.05) is 17.0 Å². The van der Waals surface area contributed by atoms with Gasteiger partial charge in [0.15, 0.2) is 0 Å². The highest BCUT2D eigenvalue weighted by Crippen LogP contribution is 2.31. The Morgan fingerprint density at radius 2 is 2.35 bits per heavy atom. The molecule has 0 bridgehead atoms. The van der Waals surface area contributed by atoms with Crippen molar-refractivity contribution < 1.29 is 9.53 Å². The molecule has 0 atom stereocenters. The Morgan fingerprint density at radius 3 is 3.12 bits per heavy atom. The van der Waals surface area contributed by atoms with E-state index in [2.05, 4.69) is 5.32 Å². The van der Waals surface area contributed by atoms with Crippen molar-refractivity contribution in [1.29, 1.82) is 0 Å². The van der Waals surface area contributed by atoms with Crippen LogP contribution in [0.1, 0.15) is 6.42 Å². The average molecular weight is 255 g/mol. The molecule has 1 aromatic carbocycles. The average Bonchev–Trinajstić information content (AvgIpc) is 2.30. The molecule has 0 aliphatic carbocycles. The van der Waals surface area contributed by atoms with Gasteiger partial charge in [-0.3, -0.25) is 4.79 Å². The van der Waals surface area contributed by atoms with Crippen LogP contribution in [0.25, 0.3) is 0 Å². The van der Waals surface area contributed by atoms with Gasteiger partial charge in [-0.2, -0.15) is 0 Å². The highest BCUT2D eigenvalue weighted by molar-refractivity contribution is 6.31. The maximum atomic E-state index is 11.5. The summed E-state index contributed by atoms with van der Waals surface area (Å²) < 4.78 is 5.02. The number of ether oxygens (including phenoxy) is 1. The zero-order valence-corrected chi connectivity index (χ0v) is 10.5. The van der Waals surface area contributed by atoms with E-state index in [0.29, 0.717) is 18.2 Å². The number of anilines is 2. The second kappa shape index (κ2) is 5.38. The number of hydrogen-bond donors (Lipinski definition) is 1. The number of methoxy groups -OCH3 is 1. The Balaban J connectivity index is 2.17. The van der Waals surface area contributed by atoms with E-state index in [9.17, 15) is 4.79 Å². The summed E-state index contributed by atoms with van der Waals surface area (Å²) in [6, 6.07) is 5.49. The fraction of sp³-hybridized carbons (Fsp3) is 0.417. The molecule has 4 nitrogen and oxygen atoms in total. The van der Waals surface area contributed by atoms with Crippen LogP contribution in [0.5, 0.6) is 0 Å². The number of benzene rings is 1. The molecule has 2 rings (SSSR count). The summed E-state index contributed by atoms with van der Waals surface area (Å²) in [5.41, 5.74) is 1.80. The molecular formula is C12H15ClN2O2. The van der Waals surface area contributed by atoms with Crippen LogP contribution in [0.3, 0.4) is 0 Å². The smallest absolute Gasteiger partial charge is 0.243 e. The van der Waals surface area contributed by atoms with Gasteiger partial charge in [0.05, 0.1) is 17.9 Å². The van der Waals surface area contributed by atoms with Crippen LogP contribution >= 0.6 is 11.6 Å². The summed E-state index contributed by atoms with van der Waals surface area (Å²) in [6.07, 6.45) is 0.885. The Hall–Kier alpha value is -1.26. The largest absolute Gasteiger partial charge is 0.385 e. The molecule has 1 aliphatic rings. The molecule has 0 spiro atoms. The van der Waals surface area contributed by atoms with E-state index < -0.39 is 0 Å². The Morgan fingerprint density at radius 1 is 1.53 bits per heavy atom. The van der Waals surface area contributed by atoms with Crippen molar-refractivity contribution in [2.45, 2.75) is 6.42 Å². The molecule has 1 aromatic rings. The van der Waals surface area contributed by atoms with Crippen molar-refractivity contribution in [2.75, 3.05) is 37.0 Å². The quantitative estimate of drug-likeness (QED) is 0.837. The third-order valence-corrected chi connectivity index (χ3v) is 2.92. The first-order valence-electron chi connectivity index (χ1n) is 5.54. The van der Waals surface area contributed by atoms with Crippen LogP contribution in [-0.4, -0.2) is 32.7 Å². The first kappa shape index (κ1) is 12.2. The number of rotatable bonds is 4. The molecule has 0 saturated heterocycles. The predicted molar refractivity (Wildman–Crippen MR) is 68.8 cm³/mol. The van der Waals surface area contributed by atoms with Gasteiger partial charge in [0.25, 0.3) is 0 Å². The van der Waals surface area contributed by atoms with Crippen LogP contribution in [0.4, 0.5) is 11.4 Å². The van der Waals surface area contributed by atoms with Gasteiger partial charge in [-0.15, -0.1) is 0 Å². The van der Waals surface area contributed by atoms with Crippen LogP contribution in [0.2, 0.25) is 5.02 Å². The third-order valence-electron chi connectivity index (χ3n) is 2.69. The summed E-state index contributed by atoms with van der Waals surface area (Å²) in [5, 5.41) is 3.51. The third kappa shape index (κ3) is 2.90. The van der Waals surface area contributed by atoms with Crippen molar-refractivity contribution >= 4 is 28.9 Å². The molecule has 17 heavy (non-hydrogen) atoms. The van der Waals surface area contributed by atoms with E-state index in [1.54, 1.807) is 13.2 Å². The molecule has 1 aliphatic heterocycles. The lowest BCUT2D eigenvalue weighted by atomic mass is 10.2. The molecule has 0 aromatic heterocycles. The lowest BCUT2D eigenvalue weighted by Crippen LogP contribution is -2.39. The van der Waals surface area contributed by atoms with Crippen molar-refractivity contribution in [1.82, 2.24) is 0 Å². The molecule has 1 heterocycles. The summed E-state index contributed by atoms with van der Waals surface area (Å²) >= 11 is 5.98. The summed E-state index contributed by atoms with van der Waals surface area (Å²) in [5.74, 6) is 0.0113. The number of carbonyl (C=O) groups is 1. The van der Waals surface area contributed by atoms with Gasteiger partial charge in [0.1, 0.15) is 0 Å². The molecule has 1 amide bonds. The van der Waals surface area contributed by atoms with Crippen molar-refractivity contribution in [3.8, 4) is 0 Å². The number of amides is 1. The SMILES string of the molecule is COCCCN1CC(=O)Nc2ccc(Cl)cc21. The van der Waals surface area contributed by atoms with E-state index in [1.165, 1.54) is 0 Å². The van der Waals surface area contributed by atoms with Gasteiger partial charge in [-0.05, 0) is 24.6 Å². The lowest BCUT2D eigenvalue weighted by molar-refractivity contribution is -0.115. The second-order valence-corrected chi connectivity index (χ2v) is 4.41. The van der Waals surface area contributed by atoms with Crippen LogP contribution in [-0.2, 0) is 9.53 Å². The van der Waals surface area contributed by atoms with E-state index in [-0.39, 0.29) is 5.91 Å². The van der Waals surface area contributed by atoms with Crippen molar-refractivity contribution in [3.05, 3.63) is 23.2 Å². The molecule has 0 unspecified atom stereocenters. The second-order valence-electron chi connectivity index (χ2n) is 3.98. The monoisotopic (exact) mass is 254 g/mol. The van der Waals surface area contributed by atoms with Gasteiger partial charge >= 0.3 is 0 Å². The minimum absolute atomic E-state index is 0.0113. The lowest BCUT2D eigenvalue weighted by Gasteiger charge is -2.31. The number of fused-ring (bicyclic) bond motifs is 1. The van der Waals surface area contributed by atoms with Gasteiger partial charge in [0, 0.05) is 25.3 Å². The molecule has 0 saturated carbocycles. The normalized spacial score (nSPS) is 14.5. The topological polar surface area (TPSA) is 41.6 Å². The fourth-order valence-electron chi connectivity index (χ4n) is 1.92. The van der Waals surface area contributed by atoms with E-state index >= 15 is 0 Å². The molecule has 0 radical (unpaired) electrons. The maximum absolute atomic E-state index is 11.5. The van der Waals surface area contributed by atoms with Crippen LogP contribution < -0.4 is 10.2 Å². The first-order chi connectivity index (χ1) is 8.20. The number of carbonyl (C=O) groups excluding carboxylic acids is 1. The molecule has 0 fully saturated rings. The van der Waals surface area contributed by atoms with Gasteiger partial charge in [0.2, 0.25) is 5.91 Å². The molecular weight excluding hydrogens is 240 g/mol. The standard InChI is InChI=1S/C12H15ClN2O2/c1-17-6-2-5-15-8-12(16)14-10-4-3-9(13)7-11(10)15/h3-4,7H,2,5-6,8H2,1H3,(H,14,16). The number of nitrogens with one attached hydrogen (secondary N) is 1. The summed E-state index contributed by atoms with van der Waals surface area (Å²) in [4.78, 5) is 13.6. The van der Waals surface area contributed by atoms with Crippen LogP contribution in [0.15, 0.2) is 18.2 Å². The minimum Gasteiger partial charge on any atom is -0.385 e. The highest BCUT2D eigenvalue weighted by Gasteiger charge is 2.21. The Kier molecular flexibility index (Phi) is 3.86. The zero-order valence-electron chi connectivity index (χ0n) is 9.70. The Labute approximate surface area is 106 Å². The first-order valence-corrected chi connectivity index (χ1v) is 5.92. The highest BCUT2D eigenvalue weighted by atomic mass is 35.5. The molecule has 1 N–H and O–H groups in total. The number of halogens is 1. The Bertz CT molecular complexity index is 423. The zero-order chi connectivity index (χ0) is 12.3. The summed E-state index contributed by atoms with van der Waals surface area (Å²) in [6.45, 7) is 1.85. The van der Waals surface area contributed by atoms with E-state index in [4.69, 9.17) is 16.3 Å². The van der Waals surface area contributed by atoms with Crippen LogP contribution in [0, 0.1) is 0 Å². The van der Waals surface area contributed by atoms with E-state index in [0.717, 1.165) is 24.3 Å². The number of hydrogen-bond acceptors (Lipinski definition) is 3. The van der Waals surface area contributed by atoms with Crippen molar-refractivity contribution in [3.63, 3.8) is 0 Å². The maximum Gasteiger partial charge on any atom is 0.243 e. The van der Waals surface area contributed by atoms with Gasteiger partial charge in [-0.25, -0.2) is 0 Å². The molecule has 5 heteroatoms. The van der Waals surface area contributed by atoms with Crippen molar-refractivity contribution in [2.24, 2.45) is 0 Å². The minimum atomic E-state index is 0.0113.